The first-order valence-corrected chi connectivity index (χ1v) is 5.12. The van der Waals surface area contributed by atoms with Crippen LogP contribution in [-0.2, 0) is 9.53 Å². The normalized spacial score (nSPS) is 10.2. The van der Waals surface area contributed by atoms with Crippen LogP contribution in [0.3, 0.4) is 0 Å². The summed E-state index contributed by atoms with van der Waals surface area (Å²) in [6, 6.07) is 5.39. The minimum atomic E-state index is -0.428. The molecular weight excluding hydrogens is 220 g/mol. The maximum Gasteiger partial charge on any atom is 0.343 e. The van der Waals surface area contributed by atoms with Gasteiger partial charge in [-0.05, 0) is 19.1 Å². The van der Waals surface area contributed by atoms with Crippen molar-refractivity contribution < 1.29 is 14.3 Å². The number of methoxy groups -OCH3 is 1. The number of carbonyl (C=O) groups excluding carboxylic acids is 1. The van der Waals surface area contributed by atoms with E-state index in [2.05, 4.69) is 14.7 Å². The molecule has 0 aliphatic carbocycles. The number of benzene rings is 1. The van der Waals surface area contributed by atoms with Gasteiger partial charge < -0.3 is 9.47 Å². The summed E-state index contributed by atoms with van der Waals surface area (Å²) in [5.41, 5.74) is 2.18. The first kappa shape index (κ1) is 11.3. The number of aromatic nitrogens is 2. The van der Waals surface area contributed by atoms with E-state index in [0.717, 1.165) is 11.2 Å². The van der Waals surface area contributed by atoms with E-state index in [1.807, 2.05) is 13.0 Å². The van der Waals surface area contributed by atoms with Crippen molar-refractivity contribution in [3.63, 3.8) is 0 Å². The molecule has 0 bridgehead atoms. The minimum Gasteiger partial charge on any atom is -0.480 e. The number of nitrogens with zero attached hydrogens (tertiary/aromatic N) is 2. The number of rotatable bonds is 3. The van der Waals surface area contributed by atoms with Gasteiger partial charge in [-0.1, -0.05) is 6.07 Å². The summed E-state index contributed by atoms with van der Waals surface area (Å²) >= 11 is 0. The van der Waals surface area contributed by atoms with Crippen LogP contribution < -0.4 is 4.74 Å². The molecule has 0 N–H and O–H groups in total. The predicted molar refractivity (Wildman–Crippen MR) is 61.8 cm³/mol. The van der Waals surface area contributed by atoms with Crippen molar-refractivity contribution >= 4 is 17.0 Å². The Bertz CT molecular complexity index is 554. The van der Waals surface area contributed by atoms with E-state index in [1.54, 1.807) is 18.3 Å². The molecule has 0 aliphatic rings. The number of hydrogen-bond donors (Lipinski definition) is 0. The summed E-state index contributed by atoms with van der Waals surface area (Å²) in [7, 11) is 1.32. The number of para-hydroxylation sites is 1. The summed E-state index contributed by atoms with van der Waals surface area (Å²) in [6.07, 6.45) is 1.69. The van der Waals surface area contributed by atoms with E-state index in [4.69, 9.17) is 4.74 Å². The molecule has 0 saturated heterocycles. The molecule has 1 heterocycles. The van der Waals surface area contributed by atoms with Gasteiger partial charge in [-0.25, -0.2) is 9.78 Å². The number of aryl methyl sites for hydroxylation is 1. The van der Waals surface area contributed by atoms with Crippen molar-refractivity contribution in [2.24, 2.45) is 0 Å². The summed E-state index contributed by atoms with van der Waals surface area (Å²) in [5, 5.41) is 0. The molecule has 0 unspecified atom stereocenters. The second-order valence-corrected chi connectivity index (χ2v) is 3.50. The summed E-state index contributed by atoms with van der Waals surface area (Å²) < 4.78 is 9.86. The molecule has 0 amide bonds. The van der Waals surface area contributed by atoms with E-state index < -0.39 is 5.97 Å². The first-order valence-electron chi connectivity index (χ1n) is 5.12. The molecule has 0 fully saturated rings. The van der Waals surface area contributed by atoms with Crippen LogP contribution >= 0.6 is 0 Å². The molecule has 0 spiro atoms. The molecule has 0 radical (unpaired) electrons. The number of esters is 1. The lowest BCUT2D eigenvalue weighted by molar-refractivity contribution is -0.142. The summed E-state index contributed by atoms with van der Waals surface area (Å²) in [4.78, 5) is 19.6. The molecule has 17 heavy (non-hydrogen) atoms. The Morgan fingerprint density at radius 2 is 2.24 bits per heavy atom. The summed E-state index contributed by atoms with van der Waals surface area (Å²) in [5.74, 6) is 0.103. The lowest BCUT2D eigenvalue weighted by atomic mass is 10.2. The Labute approximate surface area is 98.4 Å². The van der Waals surface area contributed by atoms with Crippen molar-refractivity contribution in [2.45, 2.75) is 6.92 Å². The van der Waals surface area contributed by atoms with Crippen LogP contribution in [0.5, 0.6) is 5.75 Å². The average molecular weight is 232 g/mol. The van der Waals surface area contributed by atoms with Crippen LogP contribution in [-0.4, -0.2) is 29.7 Å². The van der Waals surface area contributed by atoms with Crippen molar-refractivity contribution in [2.75, 3.05) is 13.7 Å². The molecular formula is C12H12N2O3. The third-order valence-electron chi connectivity index (χ3n) is 2.23. The van der Waals surface area contributed by atoms with E-state index in [9.17, 15) is 4.79 Å². The standard InChI is InChI=1S/C12H12N2O3/c1-8-6-13-9-4-3-5-10(12(9)14-8)17-7-11(15)16-2/h3-6H,7H2,1-2H3. The molecule has 2 rings (SSSR count). The molecule has 0 atom stereocenters. The topological polar surface area (TPSA) is 61.3 Å². The molecule has 1 aromatic carbocycles. The number of ether oxygens (including phenoxy) is 2. The number of carbonyl (C=O) groups is 1. The SMILES string of the molecule is COC(=O)COc1cccc2ncc(C)nc12. The Morgan fingerprint density at radius 3 is 3.00 bits per heavy atom. The predicted octanol–water partition coefficient (Wildman–Crippen LogP) is 1.49. The third kappa shape index (κ3) is 2.50. The molecule has 1 aromatic heterocycles. The van der Waals surface area contributed by atoms with Gasteiger partial charge >= 0.3 is 5.97 Å². The van der Waals surface area contributed by atoms with Gasteiger partial charge in [0.1, 0.15) is 11.3 Å². The van der Waals surface area contributed by atoms with E-state index in [0.29, 0.717) is 11.3 Å². The highest BCUT2D eigenvalue weighted by atomic mass is 16.6. The van der Waals surface area contributed by atoms with Crippen molar-refractivity contribution in [3.8, 4) is 5.75 Å². The van der Waals surface area contributed by atoms with Gasteiger partial charge in [-0.2, -0.15) is 0 Å². The molecule has 5 heteroatoms. The fourth-order valence-electron chi connectivity index (χ4n) is 1.41. The van der Waals surface area contributed by atoms with E-state index >= 15 is 0 Å². The zero-order chi connectivity index (χ0) is 12.3. The first-order chi connectivity index (χ1) is 8.20. The number of hydrogen-bond acceptors (Lipinski definition) is 5. The highest BCUT2D eigenvalue weighted by Gasteiger charge is 2.07. The smallest absolute Gasteiger partial charge is 0.343 e. The zero-order valence-electron chi connectivity index (χ0n) is 9.64. The van der Waals surface area contributed by atoms with Gasteiger partial charge in [0.15, 0.2) is 6.61 Å². The molecule has 0 saturated carbocycles. The molecule has 0 aliphatic heterocycles. The highest BCUT2D eigenvalue weighted by Crippen LogP contribution is 2.22. The van der Waals surface area contributed by atoms with Crippen LogP contribution in [0.4, 0.5) is 0 Å². The Balaban J connectivity index is 2.33. The zero-order valence-corrected chi connectivity index (χ0v) is 9.64. The number of fused-ring (bicyclic) bond motifs is 1. The quantitative estimate of drug-likeness (QED) is 0.750. The van der Waals surface area contributed by atoms with Crippen molar-refractivity contribution in [1.29, 1.82) is 0 Å². The summed E-state index contributed by atoms with van der Waals surface area (Å²) in [6.45, 7) is 1.72. The van der Waals surface area contributed by atoms with Gasteiger partial charge in [-0.3, -0.25) is 4.98 Å². The maximum absolute atomic E-state index is 11.0. The fraction of sp³-hybridized carbons (Fsp3) is 0.250. The lowest BCUT2D eigenvalue weighted by Gasteiger charge is -2.07. The second-order valence-electron chi connectivity index (χ2n) is 3.50. The second kappa shape index (κ2) is 4.78. The van der Waals surface area contributed by atoms with Gasteiger partial charge in [0.2, 0.25) is 0 Å². The van der Waals surface area contributed by atoms with Crippen molar-refractivity contribution in [1.82, 2.24) is 9.97 Å². The van der Waals surface area contributed by atoms with Gasteiger partial charge in [-0.15, -0.1) is 0 Å². The van der Waals surface area contributed by atoms with Crippen LogP contribution in [0, 0.1) is 6.92 Å². The average Bonchev–Trinajstić information content (AvgIpc) is 2.35. The van der Waals surface area contributed by atoms with Gasteiger partial charge in [0.05, 0.1) is 18.3 Å². The van der Waals surface area contributed by atoms with Crippen LogP contribution in [0.2, 0.25) is 0 Å². The van der Waals surface area contributed by atoms with Crippen molar-refractivity contribution in [3.05, 3.63) is 30.1 Å². The van der Waals surface area contributed by atoms with Crippen LogP contribution in [0.15, 0.2) is 24.4 Å². The fourth-order valence-corrected chi connectivity index (χ4v) is 1.41. The molecule has 88 valence electrons. The monoisotopic (exact) mass is 232 g/mol. The molecule has 5 nitrogen and oxygen atoms in total. The Kier molecular flexibility index (Phi) is 3.18. The lowest BCUT2D eigenvalue weighted by Crippen LogP contribution is -2.12. The maximum atomic E-state index is 11.0. The third-order valence-corrected chi connectivity index (χ3v) is 2.23. The van der Waals surface area contributed by atoms with Gasteiger partial charge in [0.25, 0.3) is 0 Å². The van der Waals surface area contributed by atoms with E-state index in [1.165, 1.54) is 7.11 Å². The highest BCUT2D eigenvalue weighted by molar-refractivity contribution is 5.81. The minimum absolute atomic E-state index is 0.134. The van der Waals surface area contributed by atoms with E-state index in [-0.39, 0.29) is 6.61 Å². The largest absolute Gasteiger partial charge is 0.480 e. The Hall–Kier alpha value is -2.17. The van der Waals surface area contributed by atoms with Crippen LogP contribution in [0.1, 0.15) is 5.69 Å². The Morgan fingerprint density at radius 1 is 1.41 bits per heavy atom. The molecule has 2 aromatic rings. The van der Waals surface area contributed by atoms with Gasteiger partial charge in [0, 0.05) is 6.20 Å². The van der Waals surface area contributed by atoms with Crippen LogP contribution in [0.25, 0.3) is 11.0 Å².